The molecule has 1 aliphatic rings. The average molecular weight is 357 g/mol. The Bertz CT molecular complexity index is 725. The fraction of sp³-hybridized carbons (Fsp3) is 0.278. The summed E-state index contributed by atoms with van der Waals surface area (Å²) in [4.78, 5) is 21.0. The van der Waals surface area contributed by atoms with Crippen molar-refractivity contribution in [3.8, 4) is 0 Å². The van der Waals surface area contributed by atoms with Crippen molar-refractivity contribution in [2.45, 2.75) is 32.1 Å². The Labute approximate surface area is 138 Å². The van der Waals surface area contributed by atoms with Gasteiger partial charge in [0.25, 0.3) is 0 Å². The molecule has 0 bridgehead atoms. The van der Waals surface area contributed by atoms with Crippen LogP contribution in [0.15, 0.2) is 52.1 Å². The number of rotatable bonds is 2. The number of aliphatic imine (C=N–C) groups is 1. The van der Waals surface area contributed by atoms with Crippen molar-refractivity contribution in [2.75, 3.05) is 0 Å². The number of halogens is 1. The highest BCUT2D eigenvalue weighted by atomic mass is 79.9. The van der Waals surface area contributed by atoms with Crippen molar-refractivity contribution < 1.29 is 4.79 Å². The number of carbonyl (C=O) groups excluding carboxylic acids is 1. The minimum Gasteiger partial charge on any atom is -0.299 e. The lowest BCUT2D eigenvalue weighted by atomic mass is 9.82. The van der Waals surface area contributed by atoms with Crippen LogP contribution in [0.4, 0.5) is 5.82 Å². The summed E-state index contributed by atoms with van der Waals surface area (Å²) in [5.41, 5.74) is 3.21. The van der Waals surface area contributed by atoms with E-state index in [0.29, 0.717) is 18.7 Å². The van der Waals surface area contributed by atoms with Crippen molar-refractivity contribution in [1.29, 1.82) is 0 Å². The Kier molecular flexibility index (Phi) is 4.48. The zero-order chi connectivity index (χ0) is 15.5. The highest BCUT2D eigenvalue weighted by Crippen LogP contribution is 2.32. The molecule has 2 aromatic rings. The number of Topliss-reactive ketones (excluding diaryl/α,β-unsaturated/α-hetero) is 1. The number of hydrogen-bond acceptors (Lipinski definition) is 3. The van der Waals surface area contributed by atoms with E-state index in [1.165, 1.54) is 5.56 Å². The Balaban J connectivity index is 1.87. The zero-order valence-corrected chi connectivity index (χ0v) is 14.0. The molecule has 1 atom stereocenters. The van der Waals surface area contributed by atoms with E-state index in [0.717, 1.165) is 22.2 Å². The van der Waals surface area contributed by atoms with Gasteiger partial charge in [0.1, 0.15) is 5.78 Å². The lowest BCUT2D eigenvalue weighted by molar-refractivity contribution is -0.118. The topological polar surface area (TPSA) is 42.3 Å². The lowest BCUT2D eigenvalue weighted by Crippen LogP contribution is -2.21. The maximum Gasteiger partial charge on any atom is 0.166 e. The van der Waals surface area contributed by atoms with Crippen LogP contribution in [-0.2, 0) is 4.79 Å². The zero-order valence-electron chi connectivity index (χ0n) is 12.4. The molecule has 0 amide bonds. The predicted octanol–water partition coefficient (Wildman–Crippen LogP) is 4.76. The Morgan fingerprint density at radius 2 is 2.00 bits per heavy atom. The summed E-state index contributed by atoms with van der Waals surface area (Å²) in [5, 5.41) is 0. The van der Waals surface area contributed by atoms with Gasteiger partial charge in [0, 0.05) is 24.8 Å². The van der Waals surface area contributed by atoms with Crippen LogP contribution in [0.5, 0.6) is 0 Å². The van der Waals surface area contributed by atoms with Crippen LogP contribution in [0, 0.1) is 6.92 Å². The Hall–Kier alpha value is -1.81. The van der Waals surface area contributed by atoms with E-state index in [4.69, 9.17) is 0 Å². The molecular formula is C18H17BrN2O. The molecule has 1 saturated carbocycles. The molecule has 3 nitrogen and oxygen atoms in total. The second kappa shape index (κ2) is 6.53. The molecule has 0 radical (unpaired) electrons. The van der Waals surface area contributed by atoms with Gasteiger partial charge in [0.15, 0.2) is 5.82 Å². The number of hydrogen-bond donors (Lipinski definition) is 0. The van der Waals surface area contributed by atoms with Gasteiger partial charge in [-0.2, -0.15) is 0 Å². The smallest absolute Gasteiger partial charge is 0.166 e. The number of aromatic nitrogens is 1. The third kappa shape index (κ3) is 3.50. The molecule has 1 heterocycles. The van der Waals surface area contributed by atoms with E-state index in [2.05, 4.69) is 38.0 Å². The number of nitrogens with zero attached hydrogens (tertiary/aromatic N) is 2. The first-order valence-corrected chi connectivity index (χ1v) is 8.16. The molecule has 0 spiro atoms. The quantitative estimate of drug-likeness (QED) is 0.778. The van der Waals surface area contributed by atoms with Gasteiger partial charge in [-0.3, -0.25) is 4.79 Å². The van der Waals surface area contributed by atoms with Gasteiger partial charge < -0.3 is 0 Å². The molecular weight excluding hydrogens is 340 g/mol. The van der Waals surface area contributed by atoms with Crippen molar-refractivity contribution >= 4 is 33.2 Å². The van der Waals surface area contributed by atoms with Crippen LogP contribution in [0.2, 0.25) is 0 Å². The van der Waals surface area contributed by atoms with E-state index in [1.54, 1.807) is 6.20 Å². The SMILES string of the molecule is Cc1cnc(N=C2CC(=O)CC(c3ccccc3)C2)c(Br)c1. The van der Waals surface area contributed by atoms with E-state index in [9.17, 15) is 4.79 Å². The fourth-order valence-electron chi connectivity index (χ4n) is 2.81. The first-order chi connectivity index (χ1) is 10.6. The highest BCUT2D eigenvalue weighted by molar-refractivity contribution is 9.10. The minimum atomic E-state index is 0.227. The van der Waals surface area contributed by atoms with Gasteiger partial charge in [-0.25, -0.2) is 9.98 Å². The summed E-state index contributed by atoms with van der Waals surface area (Å²) in [7, 11) is 0. The summed E-state index contributed by atoms with van der Waals surface area (Å²) < 4.78 is 0.870. The highest BCUT2D eigenvalue weighted by Gasteiger charge is 2.25. The number of benzene rings is 1. The average Bonchev–Trinajstić information content (AvgIpc) is 2.50. The largest absolute Gasteiger partial charge is 0.299 e. The maximum absolute atomic E-state index is 12.1. The summed E-state index contributed by atoms with van der Waals surface area (Å²) in [5.74, 6) is 1.13. The molecule has 22 heavy (non-hydrogen) atoms. The maximum atomic E-state index is 12.1. The molecule has 0 aliphatic heterocycles. The van der Waals surface area contributed by atoms with Gasteiger partial charge in [0.2, 0.25) is 0 Å². The Morgan fingerprint density at radius 3 is 2.73 bits per heavy atom. The van der Waals surface area contributed by atoms with Crippen LogP contribution < -0.4 is 0 Å². The second-order valence-electron chi connectivity index (χ2n) is 5.73. The molecule has 1 aromatic carbocycles. The van der Waals surface area contributed by atoms with Gasteiger partial charge in [-0.15, -0.1) is 0 Å². The first-order valence-electron chi connectivity index (χ1n) is 7.37. The second-order valence-corrected chi connectivity index (χ2v) is 6.58. The molecule has 3 rings (SSSR count). The summed E-state index contributed by atoms with van der Waals surface area (Å²) in [6, 6.07) is 12.2. The van der Waals surface area contributed by atoms with Crippen LogP contribution in [0.25, 0.3) is 0 Å². The third-order valence-electron chi connectivity index (χ3n) is 3.85. The Morgan fingerprint density at radius 1 is 1.23 bits per heavy atom. The molecule has 1 aromatic heterocycles. The van der Waals surface area contributed by atoms with Crippen LogP contribution in [-0.4, -0.2) is 16.5 Å². The number of aryl methyl sites for hydroxylation is 1. The molecule has 1 fully saturated rings. The summed E-state index contributed by atoms with van der Waals surface area (Å²) in [6.07, 6.45) is 3.65. The van der Waals surface area contributed by atoms with Gasteiger partial charge >= 0.3 is 0 Å². The molecule has 0 saturated heterocycles. The van der Waals surface area contributed by atoms with E-state index in [-0.39, 0.29) is 11.7 Å². The predicted molar refractivity (Wildman–Crippen MR) is 91.8 cm³/mol. The molecule has 1 aliphatic carbocycles. The van der Waals surface area contributed by atoms with Gasteiger partial charge in [0.05, 0.1) is 4.47 Å². The summed E-state index contributed by atoms with van der Waals surface area (Å²) in [6.45, 7) is 1.99. The fourth-order valence-corrected chi connectivity index (χ4v) is 3.36. The van der Waals surface area contributed by atoms with Crippen LogP contribution in [0.3, 0.4) is 0 Å². The molecule has 112 valence electrons. The molecule has 4 heteroatoms. The van der Waals surface area contributed by atoms with Crippen LogP contribution >= 0.6 is 15.9 Å². The number of ketones is 1. The third-order valence-corrected chi connectivity index (χ3v) is 4.43. The van der Waals surface area contributed by atoms with E-state index >= 15 is 0 Å². The van der Waals surface area contributed by atoms with E-state index in [1.807, 2.05) is 31.2 Å². The van der Waals surface area contributed by atoms with Crippen LogP contribution in [0.1, 0.15) is 36.3 Å². The van der Waals surface area contributed by atoms with Gasteiger partial charge in [-0.1, -0.05) is 30.3 Å². The lowest BCUT2D eigenvalue weighted by Gasteiger charge is -2.22. The minimum absolute atomic E-state index is 0.227. The monoisotopic (exact) mass is 356 g/mol. The normalized spacial score (nSPS) is 20.4. The van der Waals surface area contributed by atoms with Crippen molar-refractivity contribution in [3.05, 3.63) is 58.2 Å². The number of pyridine rings is 1. The molecule has 0 N–H and O–H groups in total. The van der Waals surface area contributed by atoms with E-state index < -0.39 is 0 Å². The van der Waals surface area contributed by atoms with Crippen molar-refractivity contribution in [3.63, 3.8) is 0 Å². The van der Waals surface area contributed by atoms with Crippen molar-refractivity contribution in [2.24, 2.45) is 4.99 Å². The summed E-state index contributed by atoms with van der Waals surface area (Å²) >= 11 is 3.49. The number of carbonyl (C=O) groups is 1. The first kappa shape index (κ1) is 15.1. The van der Waals surface area contributed by atoms with Gasteiger partial charge in [-0.05, 0) is 52.4 Å². The standard InChI is InChI=1S/C18H17BrN2O/c1-12-7-17(19)18(20-11-12)21-15-8-14(9-16(22)10-15)13-5-3-2-4-6-13/h2-7,11,14H,8-10H2,1H3. The van der Waals surface area contributed by atoms with Crippen molar-refractivity contribution in [1.82, 2.24) is 4.98 Å². The molecule has 1 unspecified atom stereocenters.